The van der Waals surface area contributed by atoms with Crippen molar-refractivity contribution in [1.29, 1.82) is 0 Å². The van der Waals surface area contributed by atoms with E-state index in [0.29, 0.717) is 32.7 Å². The number of hydrogen-bond acceptors (Lipinski definition) is 4. The van der Waals surface area contributed by atoms with Crippen LogP contribution >= 0.6 is 35.0 Å². The molecule has 0 aromatic heterocycles. The Balaban J connectivity index is 1.52. The topological polar surface area (TPSA) is 67.4 Å². The monoisotopic (exact) mass is 550 g/mol. The second-order valence-corrected chi connectivity index (χ2v) is 10.2. The predicted octanol–water partition coefficient (Wildman–Crippen LogP) is 8.03. The van der Waals surface area contributed by atoms with Crippen LogP contribution in [-0.4, -0.2) is 18.9 Å². The molecule has 37 heavy (non-hydrogen) atoms. The van der Waals surface area contributed by atoms with Crippen molar-refractivity contribution in [3.63, 3.8) is 0 Å². The zero-order valence-corrected chi connectivity index (χ0v) is 22.5. The van der Waals surface area contributed by atoms with E-state index in [1.54, 1.807) is 48.5 Å². The van der Waals surface area contributed by atoms with E-state index in [0.717, 1.165) is 16.0 Å². The molecule has 0 aliphatic carbocycles. The van der Waals surface area contributed by atoms with Gasteiger partial charge in [0.25, 0.3) is 5.91 Å². The fourth-order valence-electron chi connectivity index (χ4n) is 3.61. The van der Waals surface area contributed by atoms with Crippen molar-refractivity contribution in [2.45, 2.75) is 17.1 Å². The van der Waals surface area contributed by atoms with Gasteiger partial charge in [-0.05, 0) is 66.6 Å². The van der Waals surface area contributed by atoms with Crippen molar-refractivity contribution in [3.05, 3.63) is 118 Å². The van der Waals surface area contributed by atoms with E-state index < -0.39 is 5.25 Å². The molecule has 8 heteroatoms. The van der Waals surface area contributed by atoms with Crippen LogP contribution in [0.15, 0.2) is 95.9 Å². The molecule has 4 aromatic carbocycles. The Morgan fingerprint density at radius 2 is 1.59 bits per heavy atom. The summed E-state index contributed by atoms with van der Waals surface area (Å²) in [5.41, 5.74) is 3.34. The van der Waals surface area contributed by atoms with Crippen molar-refractivity contribution in [2.75, 3.05) is 17.7 Å². The summed E-state index contributed by atoms with van der Waals surface area (Å²) in [7, 11) is 1.53. The molecule has 4 rings (SSSR count). The average Bonchev–Trinajstić information content (AvgIpc) is 2.90. The van der Waals surface area contributed by atoms with Gasteiger partial charge in [-0.25, -0.2) is 0 Å². The van der Waals surface area contributed by atoms with Crippen molar-refractivity contribution in [3.8, 4) is 5.75 Å². The molecule has 0 radical (unpaired) electrons. The Morgan fingerprint density at radius 1 is 0.865 bits per heavy atom. The number of anilines is 2. The Bertz CT molecular complexity index is 1410. The van der Waals surface area contributed by atoms with Crippen molar-refractivity contribution >= 4 is 58.2 Å². The van der Waals surface area contributed by atoms with Crippen LogP contribution in [0.2, 0.25) is 10.0 Å². The summed E-state index contributed by atoms with van der Waals surface area (Å²) in [6.45, 7) is 1.87. The summed E-state index contributed by atoms with van der Waals surface area (Å²) in [5, 5.41) is 6.39. The van der Waals surface area contributed by atoms with E-state index in [4.69, 9.17) is 27.9 Å². The van der Waals surface area contributed by atoms with Crippen LogP contribution in [-0.2, 0) is 4.79 Å². The zero-order chi connectivity index (χ0) is 26.4. The van der Waals surface area contributed by atoms with Gasteiger partial charge in [-0.3, -0.25) is 9.59 Å². The quantitative estimate of drug-likeness (QED) is 0.218. The first-order valence-electron chi connectivity index (χ1n) is 11.4. The van der Waals surface area contributed by atoms with Gasteiger partial charge in [0, 0.05) is 32.3 Å². The summed E-state index contributed by atoms with van der Waals surface area (Å²) in [6, 6.07) is 27.1. The van der Waals surface area contributed by atoms with E-state index in [1.807, 2.05) is 49.4 Å². The second-order valence-electron chi connectivity index (χ2n) is 8.19. The van der Waals surface area contributed by atoms with Crippen LogP contribution in [0, 0.1) is 6.92 Å². The van der Waals surface area contributed by atoms with Crippen LogP contribution in [0.5, 0.6) is 5.75 Å². The molecule has 5 nitrogen and oxygen atoms in total. The highest BCUT2D eigenvalue weighted by molar-refractivity contribution is 8.00. The lowest BCUT2D eigenvalue weighted by Gasteiger charge is -2.19. The summed E-state index contributed by atoms with van der Waals surface area (Å²) in [6.07, 6.45) is 0. The fourth-order valence-corrected chi connectivity index (χ4v) is 4.98. The van der Waals surface area contributed by atoms with E-state index in [2.05, 4.69) is 10.6 Å². The third kappa shape index (κ3) is 6.86. The summed E-state index contributed by atoms with van der Waals surface area (Å²) >= 11 is 13.6. The maximum Gasteiger partial charge on any atom is 0.255 e. The van der Waals surface area contributed by atoms with Crippen molar-refractivity contribution in [2.24, 2.45) is 0 Å². The van der Waals surface area contributed by atoms with E-state index in [1.165, 1.54) is 18.9 Å². The molecule has 188 valence electrons. The van der Waals surface area contributed by atoms with Gasteiger partial charge in [-0.1, -0.05) is 59.6 Å². The normalized spacial score (nSPS) is 11.5. The number of methoxy groups -OCH3 is 1. The zero-order valence-electron chi connectivity index (χ0n) is 20.1. The fraction of sp³-hybridized carbons (Fsp3) is 0.103. The molecular weight excluding hydrogens is 527 g/mol. The lowest BCUT2D eigenvalue weighted by atomic mass is 10.1. The predicted molar refractivity (Wildman–Crippen MR) is 152 cm³/mol. The first kappa shape index (κ1) is 26.6. The third-order valence-corrected chi connectivity index (χ3v) is 7.44. The molecule has 0 spiro atoms. The maximum absolute atomic E-state index is 13.5. The van der Waals surface area contributed by atoms with Gasteiger partial charge in [0.1, 0.15) is 11.0 Å². The molecule has 0 bridgehead atoms. The molecule has 2 N–H and O–H groups in total. The van der Waals surface area contributed by atoms with Gasteiger partial charge < -0.3 is 15.4 Å². The molecular formula is C29H24Cl2N2O3S. The third-order valence-electron chi connectivity index (χ3n) is 5.53. The van der Waals surface area contributed by atoms with E-state index in [-0.39, 0.29) is 11.8 Å². The minimum atomic E-state index is -0.534. The molecule has 0 heterocycles. The smallest absolute Gasteiger partial charge is 0.255 e. The van der Waals surface area contributed by atoms with E-state index >= 15 is 0 Å². The minimum absolute atomic E-state index is 0.199. The van der Waals surface area contributed by atoms with Crippen LogP contribution in [0.25, 0.3) is 0 Å². The molecule has 0 saturated heterocycles. The molecule has 0 fully saturated rings. The number of ether oxygens (including phenoxy) is 1. The first-order valence-corrected chi connectivity index (χ1v) is 13.0. The number of aryl methyl sites for hydroxylation is 1. The maximum atomic E-state index is 13.5. The van der Waals surface area contributed by atoms with Crippen LogP contribution in [0.3, 0.4) is 0 Å². The molecule has 4 aromatic rings. The number of benzene rings is 4. The SMILES string of the molecule is COc1cc(Cl)c(C)cc1NC(=O)C(Sc1ccc(NC(=O)c2cccc(Cl)c2)cc1)c1ccccc1. The number of halogens is 2. The molecule has 0 saturated carbocycles. The number of carbonyl (C=O) groups is 2. The molecule has 1 atom stereocenters. The number of rotatable bonds is 8. The summed E-state index contributed by atoms with van der Waals surface area (Å²) < 4.78 is 5.42. The molecule has 0 aliphatic heterocycles. The first-order chi connectivity index (χ1) is 17.8. The minimum Gasteiger partial charge on any atom is -0.495 e. The number of thioether (sulfide) groups is 1. The van der Waals surface area contributed by atoms with Gasteiger partial charge in [-0.2, -0.15) is 0 Å². The Morgan fingerprint density at radius 3 is 2.27 bits per heavy atom. The lowest BCUT2D eigenvalue weighted by molar-refractivity contribution is -0.115. The molecule has 2 amide bonds. The van der Waals surface area contributed by atoms with Crippen molar-refractivity contribution in [1.82, 2.24) is 0 Å². The Hall–Kier alpha value is -3.45. The van der Waals surface area contributed by atoms with Gasteiger partial charge in [0.2, 0.25) is 5.91 Å². The number of hydrogen-bond donors (Lipinski definition) is 2. The van der Waals surface area contributed by atoms with Crippen molar-refractivity contribution < 1.29 is 14.3 Å². The van der Waals surface area contributed by atoms with Crippen LogP contribution in [0.4, 0.5) is 11.4 Å². The second kappa shape index (κ2) is 12.2. The Kier molecular flexibility index (Phi) is 8.77. The van der Waals surface area contributed by atoms with Crippen LogP contribution in [0.1, 0.15) is 26.7 Å². The number of nitrogens with one attached hydrogen (secondary N) is 2. The van der Waals surface area contributed by atoms with Gasteiger partial charge in [0.05, 0.1) is 12.8 Å². The van der Waals surface area contributed by atoms with Gasteiger partial charge in [0.15, 0.2) is 0 Å². The molecule has 0 aliphatic rings. The highest BCUT2D eigenvalue weighted by Gasteiger charge is 2.23. The molecule has 1 unspecified atom stereocenters. The number of amides is 2. The highest BCUT2D eigenvalue weighted by atomic mass is 35.5. The van der Waals surface area contributed by atoms with E-state index in [9.17, 15) is 9.59 Å². The largest absolute Gasteiger partial charge is 0.495 e. The summed E-state index contributed by atoms with van der Waals surface area (Å²) in [5.74, 6) is 0.0340. The summed E-state index contributed by atoms with van der Waals surface area (Å²) in [4.78, 5) is 26.9. The average molecular weight is 551 g/mol. The van der Waals surface area contributed by atoms with Gasteiger partial charge >= 0.3 is 0 Å². The standard InChI is InChI=1S/C29H24Cl2N2O3S/c1-18-15-25(26(36-2)17-24(18)31)33-29(35)27(19-7-4-3-5-8-19)37-23-13-11-22(12-14-23)32-28(34)20-9-6-10-21(30)16-20/h3-17,27H,1-2H3,(H,32,34)(H,33,35). The Labute approximate surface area is 230 Å². The number of carbonyl (C=O) groups excluding carboxylic acids is 2. The van der Waals surface area contributed by atoms with Crippen LogP contribution < -0.4 is 15.4 Å². The highest BCUT2D eigenvalue weighted by Crippen LogP contribution is 2.38. The van der Waals surface area contributed by atoms with Gasteiger partial charge in [-0.15, -0.1) is 11.8 Å². The lowest BCUT2D eigenvalue weighted by Crippen LogP contribution is -2.19.